The summed E-state index contributed by atoms with van der Waals surface area (Å²) in [5, 5.41) is 16.1. The molecular formula is C20H19N7. The Morgan fingerprint density at radius 2 is 1.89 bits per heavy atom. The van der Waals surface area contributed by atoms with Gasteiger partial charge in [0, 0.05) is 49.8 Å². The van der Waals surface area contributed by atoms with Gasteiger partial charge in [-0.3, -0.25) is 4.68 Å². The summed E-state index contributed by atoms with van der Waals surface area (Å²) >= 11 is 0. The number of nitrogens with zero attached hydrogens (tertiary/aromatic N) is 6. The molecule has 3 heterocycles. The van der Waals surface area contributed by atoms with Crippen molar-refractivity contribution in [1.82, 2.24) is 24.3 Å². The van der Waals surface area contributed by atoms with E-state index in [0.29, 0.717) is 13.0 Å². The molecule has 0 unspecified atom stereocenters. The van der Waals surface area contributed by atoms with E-state index in [1.807, 2.05) is 37.0 Å². The van der Waals surface area contributed by atoms with E-state index in [9.17, 15) is 0 Å². The van der Waals surface area contributed by atoms with Gasteiger partial charge in [-0.25, -0.2) is 9.97 Å². The molecule has 0 aliphatic heterocycles. The van der Waals surface area contributed by atoms with Crippen molar-refractivity contribution < 1.29 is 0 Å². The average Bonchev–Trinajstić information content (AvgIpc) is 3.26. The predicted molar refractivity (Wildman–Crippen MR) is 105 cm³/mol. The zero-order valence-corrected chi connectivity index (χ0v) is 15.2. The molecule has 0 amide bonds. The van der Waals surface area contributed by atoms with E-state index >= 15 is 0 Å². The number of anilines is 1. The molecule has 0 spiro atoms. The highest BCUT2D eigenvalue weighted by Crippen LogP contribution is 2.30. The lowest BCUT2D eigenvalue weighted by Crippen LogP contribution is -1.99. The van der Waals surface area contributed by atoms with Gasteiger partial charge >= 0.3 is 0 Å². The smallest absolute Gasteiger partial charge is 0.159 e. The van der Waals surface area contributed by atoms with Gasteiger partial charge in [-0.15, -0.1) is 0 Å². The van der Waals surface area contributed by atoms with Crippen LogP contribution in [0.4, 0.5) is 5.69 Å². The standard InChI is InChI=1S/C20H19N7/c1-26-13-17(14-4-6-16(7-5-14)22-9-3-8-21)19-20(26)23-11-18(25-19)15-10-24-27(2)12-15/h4-7,10-13,22H,3,9H2,1-2H3. The maximum atomic E-state index is 8.64. The third kappa shape index (κ3) is 3.25. The molecule has 134 valence electrons. The second kappa shape index (κ2) is 6.92. The first-order valence-electron chi connectivity index (χ1n) is 8.68. The highest BCUT2D eigenvalue weighted by molar-refractivity contribution is 5.92. The highest BCUT2D eigenvalue weighted by Gasteiger charge is 2.13. The van der Waals surface area contributed by atoms with E-state index in [4.69, 9.17) is 10.2 Å². The number of nitriles is 1. The van der Waals surface area contributed by atoms with E-state index in [1.54, 1.807) is 17.1 Å². The molecular weight excluding hydrogens is 338 g/mol. The van der Waals surface area contributed by atoms with Gasteiger partial charge in [0.15, 0.2) is 5.65 Å². The van der Waals surface area contributed by atoms with Crippen LogP contribution in [-0.4, -0.2) is 30.9 Å². The first kappa shape index (κ1) is 16.8. The van der Waals surface area contributed by atoms with E-state index < -0.39 is 0 Å². The Labute approximate surface area is 156 Å². The monoisotopic (exact) mass is 357 g/mol. The predicted octanol–water partition coefficient (Wildman–Crippen LogP) is 3.36. The van der Waals surface area contributed by atoms with E-state index in [0.717, 1.165) is 39.2 Å². The van der Waals surface area contributed by atoms with Crippen molar-refractivity contribution in [3.63, 3.8) is 0 Å². The Morgan fingerprint density at radius 3 is 2.59 bits per heavy atom. The molecule has 4 rings (SSSR count). The van der Waals surface area contributed by atoms with Crippen LogP contribution in [-0.2, 0) is 14.1 Å². The SMILES string of the molecule is Cn1cc(-c2cnc3c(n2)c(-c2ccc(NCCC#N)cc2)cn3C)cn1. The summed E-state index contributed by atoms with van der Waals surface area (Å²) in [6.07, 6.45) is 8.04. The summed E-state index contributed by atoms with van der Waals surface area (Å²) in [5.74, 6) is 0. The number of aromatic nitrogens is 5. The van der Waals surface area contributed by atoms with E-state index in [2.05, 4.69) is 39.8 Å². The molecule has 7 heteroatoms. The van der Waals surface area contributed by atoms with Gasteiger partial charge in [-0.1, -0.05) is 12.1 Å². The second-order valence-electron chi connectivity index (χ2n) is 6.40. The fraction of sp³-hybridized carbons (Fsp3) is 0.200. The molecule has 0 bridgehead atoms. The van der Waals surface area contributed by atoms with Crippen LogP contribution in [0.5, 0.6) is 0 Å². The lowest BCUT2D eigenvalue weighted by Gasteiger charge is -2.05. The van der Waals surface area contributed by atoms with Crippen molar-refractivity contribution in [3.05, 3.63) is 49.1 Å². The van der Waals surface area contributed by atoms with Crippen molar-refractivity contribution in [2.24, 2.45) is 14.1 Å². The number of aryl methyl sites for hydroxylation is 2. The Balaban J connectivity index is 1.72. The Morgan fingerprint density at radius 1 is 1.07 bits per heavy atom. The molecule has 1 aromatic carbocycles. The minimum atomic E-state index is 0.484. The van der Waals surface area contributed by atoms with Gasteiger partial charge in [0.1, 0.15) is 5.52 Å². The third-order valence-corrected chi connectivity index (χ3v) is 4.43. The summed E-state index contributed by atoms with van der Waals surface area (Å²) in [7, 11) is 3.86. The van der Waals surface area contributed by atoms with Crippen molar-refractivity contribution in [1.29, 1.82) is 5.26 Å². The van der Waals surface area contributed by atoms with Crippen LogP contribution in [0.1, 0.15) is 6.42 Å². The maximum Gasteiger partial charge on any atom is 0.159 e. The molecule has 0 aliphatic rings. The number of benzene rings is 1. The molecule has 0 saturated heterocycles. The number of rotatable bonds is 5. The van der Waals surface area contributed by atoms with Crippen LogP contribution in [0.25, 0.3) is 33.5 Å². The largest absolute Gasteiger partial charge is 0.384 e. The highest BCUT2D eigenvalue weighted by atomic mass is 15.2. The zero-order valence-electron chi connectivity index (χ0n) is 15.2. The Hall–Kier alpha value is -3.66. The second-order valence-corrected chi connectivity index (χ2v) is 6.40. The number of nitrogens with one attached hydrogen (secondary N) is 1. The summed E-state index contributed by atoms with van der Waals surface area (Å²) in [5.41, 5.74) is 6.56. The zero-order chi connectivity index (χ0) is 18.8. The maximum absolute atomic E-state index is 8.64. The van der Waals surface area contributed by atoms with Gasteiger partial charge in [0.2, 0.25) is 0 Å². The molecule has 0 aliphatic carbocycles. The van der Waals surface area contributed by atoms with Crippen molar-refractivity contribution >= 4 is 16.9 Å². The van der Waals surface area contributed by atoms with Crippen molar-refractivity contribution in [2.45, 2.75) is 6.42 Å². The molecule has 27 heavy (non-hydrogen) atoms. The van der Waals surface area contributed by atoms with Gasteiger partial charge in [-0.2, -0.15) is 10.4 Å². The Kier molecular flexibility index (Phi) is 4.30. The first-order valence-corrected chi connectivity index (χ1v) is 8.68. The quantitative estimate of drug-likeness (QED) is 0.554. The van der Waals surface area contributed by atoms with Crippen LogP contribution in [0.15, 0.2) is 49.1 Å². The number of hydrogen-bond acceptors (Lipinski definition) is 5. The molecule has 0 fully saturated rings. The van der Waals surface area contributed by atoms with Gasteiger partial charge in [0.05, 0.1) is 30.6 Å². The topological polar surface area (TPSA) is 84.4 Å². The number of fused-ring (bicyclic) bond motifs is 1. The van der Waals surface area contributed by atoms with Crippen LogP contribution in [0, 0.1) is 11.3 Å². The third-order valence-electron chi connectivity index (χ3n) is 4.43. The lowest BCUT2D eigenvalue weighted by atomic mass is 10.1. The van der Waals surface area contributed by atoms with Crippen LogP contribution in [0.3, 0.4) is 0 Å². The van der Waals surface area contributed by atoms with Gasteiger partial charge in [-0.05, 0) is 17.7 Å². The summed E-state index contributed by atoms with van der Waals surface area (Å²) in [4.78, 5) is 9.45. The fourth-order valence-electron chi connectivity index (χ4n) is 3.07. The van der Waals surface area contributed by atoms with Crippen LogP contribution < -0.4 is 5.32 Å². The van der Waals surface area contributed by atoms with E-state index in [1.165, 1.54) is 0 Å². The lowest BCUT2D eigenvalue weighted by molar-refractivity contribution is 0.768. The van der Waals surface area contributed by atoms with Crippen LogP contribution >= 0.6 is 0 Å². The molecule has 0 radical (unpaired) electrons. The number of hydrogen-bond donors (Lipinski definition) is 1. The summed E-state index contributed by atoms with van der Waals surface area (Å²) in [6.45, 7) is 0.643. The van der Waals surface area contributed by atoms with Gasteiger partial charge < -0.3 is 9.88 Å². The van der Waals surface area contributed by atoms with Gasteiger partial charge in [0.25, 0.3) is 0 Å². The fourth-order valence-corrected chi connectivity index (χ4v) is 3.07. The first-order chi connectivity index (χ1) is 13.2. The van der Waals surface area contributed by atoms with Crippen molar-refractivity contribution in [3.8, 4) is 28.5 Å². The molecule has 0 saturated carbocycles. The Bertz CT molecular complexity index is 1130. The minimum absolute atomic E-state index is 0.484. The van der Waals surface area contributed by atoms with E-state index in [-0.39, 0.29) is 0 Å². The average molecular weight is 357 g/mol. The molecule has 7 nitrogen and oxygen atoms in total. The molecule has 1 N–H and O–H groups in total. The normalized spacial score (nSPS) is 10.9. The van der Waals surface area contributed by atoms with Crippen LogP contribution in [0.2, 0.25) is 0 Å². The molecule has 3 aromatic heterocycles. The summed E-state index contributed by atoms with van der Waals surface area (Å²) < 4.78 is 3.74. The molecule has 0 atom stereocenters. The molecule has 4 aromatic rings. The minimum Gasteiger partial charge on any atom is -0.384 e. The van der Waals surface area contributed by atoms with Crippen molar-refractivity contribution in [2.75, 3.05) is 11.9 Å². The summed E-state index contributed by atoms with van der Waals surface area (Å²) in [6, 6.07) is 10.3.